The van der Waals surface area contributed by atoms with Gasteiger partial charge in [-0.25, -0.2) is 0 Å². The number of carbonyl (C=O) groups excluding carboxylic acids is 1. The van der Waals surface area contributed by atoms with E-state index in [2.05, 4.69) is 20.6 Å². The molecule has 4 bridgehead atoms. The van der Waals surface area contributed by atoms with Crippen LogP contribution in [-0.2, 0) is 7.05 Å². The van der Waals surface area contributed by atoms with Crippen LogP contribution in [0.5, 0.6) is 0 Å². The third-order valence-corrected chi connectivity index (χ3v) is 7.98. The lowest BCUT2D eigenvalue weighted by Gasteiger charge is -2.58. The second-order valence-corrected chi connectivity index (χ2v) is 9.94. The molecule has 5 fully saturated rings. The van der Waals surface area contributed by atoms with Crippen LogP contribution >= 0.6 is 11.6 Å². The Morgan fingerprint density at radius 2 is 2.07 bits per heavy atom. The molecule has 1 amide bonds. The maximum absolute atomic E-state index is 13.1. The van der Waals surface area contributed by atoms with E-state index in [4.69, 9.17) is 11.6 Å². The van der Waals surface area contributed by atoms with Crippen molar-refractivity contribution in [2.24, 2.45) is 24.8 Å². The average molecular weight is 408 g/mol. The van der Waals surface area contributed by atoms with Crippen molar-refractivity contribution in [3.8, 4) is 0 Å². The second kappa shape index (κ2) is 6.61. The van der Waals surface area contributed by atoms with Gasteiger partial charge in [0, 0.05) is 32.7 Å². The van der Waals surface area contributed by atoms with Crippen molar-refractivity contribution in [3.63, 3.8) is 0 Å². The molecular weight excluding hydrogens is 378 g/mol. The number of halogens is 1. The molecule has 28 heavy (non-hydrogen) atoms. The van der Waals surface area contributed by atoms with E-state index in [1.54, 1.807) is 4.68 Å². The monoisotopic (exact) mass is 407 g/mol. The van der Waals surface area contributed by atoms with Crippen LogP contribution in [0, 0.1) is 17.8 Å². The Bertz CT molecular complexity index is 774. The Morgan fingerprint density at radius 1 is 1.36 bits per heavy atom. The van der Waals surface area contributed by atoms with Gasteiger partial charge in [-0.2, -0.15) is 5.10 Å². The van der Waals surface area contributed by atoms with E-state index in [0.717, 1.165) is 57.4 Å². The van der Waals surface area contributed by atoms with Crippen molar-refractivity contribution in [1.29, 1.82) is 0 Å². The van der Waals surface area contributed by atoms with E-state index >= 15 is 0 Å². The van der Waals surface area contributed by atoms with E-state index in [1.165, 1.54) is 0 Å². The number of aliphatic hydroxyl groups is 1. The SMILES string of the molecule is CN(c1c(Cl)c(C(=O)N[C@H]2C3CC4CC2C[C@](O)(C4)C3)nn1C)[C@@H]1CCNC1. The number of anilines is 1. The molecule has 1 aromatic rings. The van der Waals surface area contributed by atoms with Gasteiger partial charge in [-0.3, -0.25) is 9.48 Å². The topological polar surface area (TPSA) is 82.4 Å². The number of nitrogens with zero attached hydrogens (tertiary/aromatic N) is 3. The van der Waals surface area contributed by atoms with E-state index in [0.29, 0.717) is 34.5 Å². The van der Waals surface area contributed by atoms with E-state index < -0.39 is 5.60 Å². The fraction of sp³-hybridized carbons (Fsp3) is 0.800. The van der Waals surface area contributed by atoms with Gasteiger partial charge in [-0.05, 0) is 62.8 Å². The van der Waals surface area contributed by atoms with Gasteiger partial charge >= 0.3 is 0 Å². The molecule has 7 nitrogen and oxygen atoms in total. The molecule has 1 aromatic heterocycles. The Morgan fingerprint density at radius 3 is 2.68 bits per heavy atom. The number of hydrogen-bond acceptors (Lipinski definition) is 5. The van der Waals surface area contributed by atoms with Crippen molar-refractivity contribution in [2.45, 2.75) is 56.2 Å². The number of likely N-dealkylation sites (N-methyl/N-ethyl adjacent to an activating group) is 1. The van der Waals surface area contributed by atoms with Crippen molar-refractivity contribution >= 4 is 23.3 Å². The molecule has 3 atom stereocenters. The molecule has 6 rings (SSSR count). The molecule has 2 unspecified atom stereocenters. The van der Waals surface area contributed by atoms with Crippen LogP contribution in [-0.4, -0.2) is 58.6 Å². The van der Waals surface area contributed by atoms with Crippen LogP contribution in [0.4, 0.5) is 5.82 Å². The Kier molecular flexibility index (Phi) is 4.41. The number of hydrogen-bond donors (Lipinski definition) is 3. The van der Waals surface area contributed by atoms with Gasteiger partial charge in [0.25, 0.3) is 5.91 Å². The zero-order valence-corrected chi connectivity index (χ0v) is 17.4. The number of aryl methyl sites for hydroxylation is 1. The molecule has 0 aromatic carbocycles. The molecule has 1 aliphatic heterocycles. The predicted octanol–water partition coefficient (Wildman–Crippen LogP) is 1.54. The largest absolute Gasteiger partial charge is 0.390 e. The molecule has 3 N–H and O–H groups in total. The summed E-state index contributed by atoms with van der Waals surface area (Å²) < 4.78 is 1.72. The predicted molar refractivity (Wildman–Crippen MR) is 108 cm³/mol. The number of amides is 1. The molecule has 2 heterocycles. The summed E-state index contributed by atoms with van der Waals surface area (Å²) in [4.78, 5) is 15.2. The normalized spacial score (nSPS) is 38.8. The van der Waals surface area contributed by atoms with Gasteiger partial charge in [0.1, 0.15) is 10.8 Å². The van der Waals surface area contributed by atoms with Gasteiger partial charge in [0.2, 0.25) is 0 Å². The van der Waals surface area contributed by atoms with Crippen LogP contribution in [0.15, 0.2) is 0 Å². The van der Waals surface area contributed by atoms with Gasteiger partial charge in [0.05, 0.1) is 5.60 Å². The molecule has 0 radical (unpaired) electrons. The first-order chi connectivity index (χ1) is 13.3. The second-order valence-electron chi connectivity index (χ2n) is 9.56. The minimum atomic E-state index is -0.494. The van der Waals surface area contributed by atoms with Crippen LogP contribution in [0.2, 0.25) is 5.02 Å². The third-order valence-electron chi connectivity index (χ3n) is 7.63. The highest BCUT2D eigenvalue weighted by Crippen LogP contribution is 2.55. The van der Waals surface area contributed by atoms with Gasteiger partial charge in [-0.1, -0.05) is 11.6 Å². The molecule has 8 heteroatoms. The Balaban J connectivity index is 1.34. The highest BCUT2D eigenvalue weighted by molar-refractivity contribution is 6.36. The highest BCUT2D eigenvalue weighted by Gasteiger charge is 2.55. The summed E-state index contributed by atoms with van der Waals surface area (Å²) in [7, 11) is 3.86. The first kappa shape index (κ1) is 18.7. The van der Waals surface area contributed by atoms with Crippen molar-refractivity contribution in [1.82, 2.24) is 20.4 Å². The van der Waals surface area contributed by atoms with E-state index in [-0.39, 0.29) is 11.9 Å². The summed E-state index contributed by atoms with van der Waals surface area (Å²) in [5.74, 6) is 1.97. The van der Waals surface area contributed by atoms with Crippen LogP contribution in [0.25, 0.3) is 0 Å². The van der Waals surface area contributed by atoms with E-state index in [1.807, 2.05) is 14.1 Å². The van der Waals surface area contributed by atoms with E-state index in [9.17, 15) is 9.90 Å². The highest BCUT2D eigenvalue weighted by atomic mass is 35.5. The maximum atomic E-state index is 13.1. The molecule has 0 spiro atoms. The standard InChI is InChI=1S/C20H30ClN5O2/c1-25(14-3-4-22-10-14)19-15(21)17(24-26(19)2)18(27)23-16-12-5-11-6-13(16)9-20(28,7-11)8-12/h11-14,16,22,28H,3-10H2,1-2H3,(H,23,27)/t11?,12?,13?,14-,16-,20-/m1/s1. The minimum Gasteiger partial charge on any atom is -0.390 e. The third kappa shape index (κ3) is 2.94. The lowest BCUT2D eigenvalue weighted by molar-refractivity contribution is -0.136. The number of carbonyl (C=O) groups is 1. The van der Waals surface area contributed by atoms with Crippen LogP contribution in [0.3, 0.4) is 0 Å². The van der Waals surface area contributed by atoms with Gasteiger partial charge in [0.15, 0.2) is 5.69 Å². The Hall–Kier alpha value is -1.31. The molecule has 1 saturated heterocycles. The smallest absolute Gasteiger partial charge is 0.273 e. The molecule has 5 aliphatic rings. The summed E-state index contributed by atoms with van der Waals surface area (Å²) in [5, 5.41) is 22.3. The maximum Gasteiger partial charge on any atom is 0.273 e. The number of nitrogens with one attached hydrogen (secondary N) is 2. The fourth-order valence-corrected chi connectivity index (χ4v) is 6.98. The average Bonchev–Trinajstić information content (AvgIpc) is 3.24. The van der Waals surface area contributed by atoms with Crippen molar-refractivity contribution in [3.05, 3.63) is 10.7 Å². The molecular formula is C20H30ClN5O2. The molecule has 154 valence electrons. The fourth-order valence-electron chi connectivity index (χ4n) is 6.60. The summed E-state index contributed by atoms with van der Waals surface area (Å²) in [6.45, 7) is 1.91. The minimum absolute atomic E-state index is 0.127. The first-order valence-electron chi connectivity index (χ1n) is 10.5. The molecule has 4 saturated carbocycles. The van der Waals surface area contributed by atoms with Crippen molar-refractivity contribution in [2.75, 3.05) is 25.0 Å². The summed E-state index contributed by atoms with van der Waals surface area (Å²) >= 11 is 6.64. The zero-order valence-electron chi connectivity index (χ0n) is 16.6. The number of aromatic nitrogens is 2. The lowest BCUT2D eigenvalue weighted by Crippen LogP contribution is -2.61. The first-order valence-corrected chi connectivity index (χ1v) is 10.9. The van der Waals surface area contributed by atoms with Gasteiger partial charge in [-0.15, -0.1) is 0 Å². The van der Waals surface area contributed by atoms with Crippen LogP contribution in [0.1, 0.15) is 49.0 Å². The van der Waals surface area contributed by atoms with Gasteiger partial charge < -0.3 is 20.6 Å². The quantitative estimate of drug-likeness (QED) is 0.705. The van der Waals surface area contributed by atoms with Crippen LogP contribution < -0.4 is 15.5 Å². The lowest BCUT2D eigenvalue weighted by atomic mass is 9.52. The Labute approximate surface area is 170 Å². The number of rotatable bonds is 4. The summed E-state index contributed by atoms with van der Waals surface area (Å²) in [5.41, 5.74) is -0.185. The summed E-state index contributed by atoms with van der Waals surface area (Å²) in [6.07, 6.45) is 5.84. The zero-order chi connectivity index (χ0) is 19.6. The molecule has 4 aliphatic carbocycles. The summed E-state index contributed by atoms with van der Waals surface area (Å²) in [6, 6.07) is 0.483. The van der Waals surface area contributed by atoms with Crippen molar-refractivity contribution < 1.29 is 9.90 Å².